The molecule has 0 aromatic heterocycles. The van der Waals surface area contributed by atoms with Crippen LogP contribution in [0.5, 0.6) is 0 Å². The van der Waals surface area contributed by atoms with Crippen molar-refractivity contribution in [2.75, 3.05) is 26.2 Å². The number of benzene rings is 1. The van der Waals surface area contributed by atoms with E-state index in [9.17, 15) is 13.2 Å². The molecule has 132 valence electrons. The fourth-order valence-corrected chi connectivity index (χ4v) is 3.46. The third-order valence-electron chi connectivity index (χ3n) is 2.71. The molecule has 23 heavy (non-hydrogen) atoms. The molecule has 1 aromatic carbocycles. The van der Waals surface area contributed by atoms with Gasteiger partial charge in [-0.15, -0.1) is 12.4 Å². The maximum atomic E-state index is 12.2. The van der Waals surface area contributed by atoms with Gasteiger partial charge in [0.2, 0.25) is 10.0 Å². The Kier molecular flexibility index (Phi) is 10.7. The number of esters is 1. The minimum atomic E-state index is -3.67. The molecule has 0 aliphatic rings. The SMILES string of the molecule is CCCNCCNS(=O)(=O)c1cc(Br)cc(C(=O)OCC)c1.Cl. The Hall–Kier alpha value is -0.670. The fraction of sp³-hybridized carbons (Fsp3) is 0.500. The van der Waals surface area contributed by atoms with Crippen LogP contribution in [0.2, 0.25) is 0 Å². The normalized spacial score (nSPS) is 10.9. The van der Waals surface area contributed by atoms with E-state index in [4.69, 9.17) is 4.74 Å². The van der Waals surface area contributed by atoms with Crippen LogP contribution in [0.1, 0.15) is 30.6 Å². The molecule has 1 aromatic rings. The largest absolute Gasteiger partial charge is 0.462 e. The van der Waals surface area contributed by atoms with E-state index in [0.717, 1.165) is 13.0 Å². The third kappa shape index (κ3) is 7.63. The lowest BCUT2D eigenvalue weighted by Gasteiger charge is -2.09. The molecule has 2 N–H and O–H groups in total. The molecular weight excluding hydrogens is 408 g/mol. The Balaban J connectivity index is 0.00000484. The van der Waals surface area contributed by atoms with Crippen LogP contribution >= 0.6 is 28.3 Å². The van der Waals surface area contributed by atoms with Crippen LogP contribution in [-0.2, 0) is 14.8 Å². The maximum absolute atomic E-state index is 12.2. The van der Waals surface area contributed by atoms with E-state index in [0.29, 0.717) is 11.0 Å². The van der Waals surface area contributed by atoms with Gasteiger partial charge in [0.05, 0.1) is 17.1 Å². The average molecular weight is 430 g/mol. The quantitative estimate of drug-likeness (QED) is 0.465. The summed E-state index contributed by atoms with van der Waals surface area (Å²) in [5.74, 6) is -0.551. The summed E-state index contributed by atoms with van der Waals surface area (Å²) in [5, 5.41) is 3.11. The molecular formula is C14H22BrClN2O4S. The molecule has 6 nitrogen and oxygen atoms in total. The highest BCUT2D eigenvalue weighted by molar-refractivity contribution is 9.10. The van der Waals surface area contributed by atoms with Crippen molar-refractivity contribution in [3.63, 3.8) is 0 Å². The van der Waals surface area contributed by atoms with Crippen molar-refractivity contribution < 1.29 is 17.9 Å². The van der Waals surface area contributed by atoms with Gasteiger partial charge in [-0.1, -0.05) is 22.9 Å². The van der Waals surface area contributed by atoms with Crippen LogP contribution in [0.25, 0.3) is 0 Å². The van der Waals surface area contributed by atoms with Gasteiger partial charge in [-0.3, -0.25) is 0 Å². The molecule has 0 atom stereocenters. The monoisotopic (exact) mass is 428 g/mol. The Morgan fingerprint density at radius 3 is 2.48 bits per heavy atom. The summed E-state index contributed by atoms with van der Waals surface area (Å²) in [7, 11) is -3.67. The number of sulfonamides is 1. The molecule has 0 fully saturated rings. The summed E-state index contributed by atoms with van der Waals surface area (Å²) in [4.78, 5) is 11.8. The van der Waals surface area contributed by atoms with Crippen molar-refractivity contribution in [3.05, 3.63) is 28.2 Å². The van der Waals surface area contributed by atoms with E-state index < -0.39 is 16.0 Å². The van der Waals surface area contributed by atoms with Gasteiger partial charge in [-0.2, -0.15) is 0 Å². The highest BCUT2D eigenvalue weighted by Gasteiger charge is 2.17. The molecule has 0 aliphatic heterocycles. The average Bonchev–Trinajstić information content (AvgIpc) is 2.46. The Morgan fingerprint density at radius 1 is 1.17 bits per heavy atom. The Morgan fingerprint density at radius 2 is 1.87 bits per heavy atom. The number of halogens is 2. The number of nitrogens with one attached hydrogen (secondary N) is 2. The van der Waals surface area contributed by atoms with Crippen LogP contribution in [0, 0.1) is 0 Å². The first kappa shape index (κ1) is 22.3. The first-order chi connectivity index (χ1) is 10.4. The van der Waals surface area contributed by atoms with Gasteiger partial charge in [-0.25, -0.2) is 17.9 Å². The Bertz CT molecular complexity index is 611. The van der Waals surface area contributed by atoms with Crippen molar-refractivity contribution in [2.45, 2.75) is 25.2 Å². The van der Waals surface area contributed by atoms with Crippen LogP contribution < -0.4 is 10.0 Å². The zero-order valence-electron chi connectivity index (χ0n) is 13.1. The molecule has 0 saturated carbocycles. The van der Waals surface area contributed by atoms with E-state index in [1.165, 1.54) is 18.2 Å². The fourth-order valence-electron chi connectivity index (χ4n) is 1.71. The van der Waals surface area contributed by atoms with Gasteiger partial charge in [-0.05, 0) is 38.1 Å². The van der Waals surface area contributed by atoms with E-state index >= 15 is 0 Å². The van der Waals surface area contributed by atoms with Gasteiger partial charge in [0.25, 0.3) is 0 Å². The molecule has 0 aliphatic carbocycles. The number of carbonyl (C=O) groups excluding carboxylic acids is 1. The standard InChI is InChI=1S/C14H21BrN2O4S.ClH/c1-3-5-16-6-7-17-22(19,20)13-9-11(8-12(15)10-13)14(18)21-4-2;/h8-10,16-17H,3-7H2,1-2H3;1H. The summed E-state index contributed by atoms with van der Waals surface area (Å²) in [6, 6.07) is 4.29. The third-order valence-corrected chi connectivity index (χ3v) is 4.61. The predicted octanol–water partition coefficient (Wildman–Crippen LogP) is 2.33. The molecule has 1 rings (SSSR count). The lowest BCUT2D eigenvalue weighted by Crippen LogP contribution is -2.32. The van der Waals surface area contributed by atoms with Gasteiger partial charge in [0.1, 0.15) is 0 Å². The van der Waals surface area contributed by atoms with Crippen molar-refractivity contribution in [1.82, 2.24) is 10.0 Å². The van der Waals surface area contributed by atoms with E-state index in [1.807, 2.05) is 6.92 Å². The summed E-state index contributed by atoms with van der Waals surface area (Å²) >= 11 is 3.21. The number of hydrogen-bond acceptors (Lipinski definition) is 5. The van der Waals surface area contributed by atoms with Crippen LogP contribution in [0.4, 0.5) is 0 Å². The van der Waals surface area contributed by atoms with Crippen LogP contribution in [-0.4, -0.2) is 40.6 Å². The van der Waals surface area contributed by atoms with Crippen molar-refractivity contribution >= 4 is 44.3 Å². The van der Waals surface area contributed by atoms with E-state index in [1.54, 1.807) is 6.92 Å². The lowest BCUT2D eigenvalue weighted by atomic mass is 10.2. The van der Waals surface area contributed by atoms with Crippen molar-refractivity contribution in [3.8, 4) is 0 Å². The molecule has 0 spiro atoms. The van der Waals surface area contributed by atoms with E-state index in [-0.39, 0.29) is 36.0 Å². The highest BCUT2D eigenvalue weighted by Crippen LogP contribution is 2.20. The van der Waals surface area contributed by atoms with Gasteiger partial charge >= 0.3 is 5.97 Å². The molecule has 9 heteroatoms. The summed E-state index contributed by atoms with van der Waals surface area (Å²) < 4.78 is 32.4. The van der Waals surface area contributed by atoms with Crippen LogP contribution in [0.3, 0.4) is 0 Å². The number of hydrogen-bond donors (Lipinski definition) is 2. The topological polar surface area (TPSA) is 84.5 Å². The highest BCUT2D eigenvalue weighted by atomic mass is 79.9. The lowest BCUT2D eigenvalue weighted by molar-refractivity contribution is 0.0526. The van der Waals surface area contributed by atoms with Gasteiger partial charge < -0.3 is 10.1 Å². The summed E-state index contributed by atoms with van der Waals surface area (Å²) in [6.45, 7) is 5.63. The molecule has 0 radical (unpaired) electrons. The molecule has 0 amide bonds. The van der Waals surface area contributed by atoms with Gasteiger partial charge in [0.15, 0.2) is 0 Å². The zero-order valence-corrected chi connectivity index (χ0v) is 16.3. The molecule has 0 saturated heterocycles. The predicted molar refractivity (Wildman–Crippen MR) is 95.7 cm³/mol. The van der Waals surface area contributed by atoms with Crippen LogP contribution in [0.15, 0.2) is 27.6 Å². The molecule has 0 unspecified atom stereocenters. The van der Waals surface area contributed by atoms with Gasteiger partial charge in [0, 0.05) is 17.6 Å². The minimum absolute atomic E-state index is 0. The van der Waals surface area contributed by atoms with E-state index in [2.05, 4.69) is 26.0 Å². The molecule has 0 heterocycles. The first-order valence-electron chi connectivity index (χ1n) is 7.08. The van der Waals surface area contributed by atoms with Crippen molar-refractivity contribution in [2.24, 2.45) is 0 Å². The molecule has 0 bridgehead atoms. The number of rotatable bonds is 9. The smallest absolute Gasteiger partial charge is 0.338 e. The maximum Gasteiger partial charge on any atom is 0.338 e. The second kappa shape index (κ2) is 11.0. The summed E-state index contributed by atoms with van der Waals surface area (Å²) in [6.07, 6.45) is 0.987. The Labute approximate surface area is 152 Å². The number of ether oxygens (including phenoxy) is 1. The minimum Gasteiger partial charge on any atom is -0.462 e. The van der Waals surface area contributed by atoms with Crippen molar-refractivity contribution in [1.29, 1.82) is 0 Å². The second-order valence-corrected chi connectivity index (χ2v) is 7.23. The summed E-state index contributed by atoms with van der Waals surface area (Å²) in [5.41, 5.74) is 0.195. The first-order valence-corrected chi connectivity index (χ1v) is 9.36. The zero-order chi connectivity index (χ0) is 16.6. The second-order valence-electron chi connectivity index (χ2n) is 4.54. The number of carbonyl (C=O) groups is 1.